The van der Waals surface area contributed by atoms with Gasteiger partial charge in [-0.25, -0.2) is 9.59 Å². The molecule has 10 heteroatoms. The largest absolute Gasteiger partial charge is 0.465 e. The summed E-state index contributed by atoms with van der Waals surface area (Å²) in [4.78, 5) is 24.1. The predicted octanol–water partition coefficient (Wildman–Crippen LogP) is 1.01. The van der Waals surface area contributed by atoms with Gasteiger partial charge in [-0.3, -0.25) is 4.18 Å². The first kappa shape index (κ1) is 19.0. The molecule has 1 aromatic carbocycles. The number of piperidine rings is 1. The van der Waals surface area contributed by atoms with Crippen LogP contribution >= 0.6 is 0 Å². The average Bonchev–Trinajstić information content (AvgIpc) is 2.54. The Morgan fingerprint density at radius 3 is 2.60 bits per heavy atom. The maximum absolute atomic E-state index is 11.9. The first-order chi connectivity index (χ1) is 11.7. The lowest BCUT2D eigenvalue weighted by molar-refractivity contribution is 0.0553. The molecule has 2 amide bonds. The number of ether oxygens (including phenoxy) is 1. The van der Waals surface area contributed by atoms with Gasteiger partial charge in [-0.05, 0) is 12.0 Å². The van der Waals surface area contributed by atoms with Gasteiger partial charge in [0, 0.05) is 6.54 Å². The van der Waals surface area contributed by atoms with E-state index in [2.05, 4.69) is 5.32 Å². The number of nitrogens with zero attached hydrogens (tertiary/aromatic N) is 1. The Hall–Kier alpha value is -2.33. The second kappa shape index (κ2) is 8.17. The van der Waals surface area contributed by atoms with E-state index in [1.54, 1.807) is 12.1 Å². The van der Waals surface area contributed by atoms with E-state index in [0.29, 0.717) is 0 Å². The van der Waals surface area contributed by atoms with E-state index in [4.69, 9.17) is 14.0 Å². The third kappa shape index (κ3) is 6.24. The van der Waals surface area contributed by atoms with Crippen LogP contribution in [0.25, 0.3) is 0 Å². The van der Waals surface area contributed by atoms with Crippen LogP contribution in [0.5, 0.6) is 0 Å². The molecule has 0 saturated carbocycles. The second-order valence-corrected chi connectivity index (χ2v) is 7.27. The van der Waals surface area contributed by atoms with Crippen molar-refractivity contribution in [2.75, 3.05) is 19.3 Å². The fraction of sp³-hybridized carbons (Fsp3) is 0.467. The maximum Gasteiger partial charge on any atom is 0.407 e. The van der Waals surface area contributed by atoms with Gasteiger partial charge < -0.3 is 20.1 Å². The normalized spacial score (nSPS) is 20.8. The van der Waals surface area contributed by atoms with E-state index in [-0.39, 0.29) is 26.1 Å². The minimum atomic E-state index is -3.81. The number of carbonyl (C=O) groups excluding carboxylic acids is 1. The summed E-state index contributed by atoms with van der Waals surface area (Å²) in [6.07, 6.45) is -1.82. The van der Waals surface area contributed by atoms with E-state index >= 15 is 0 Å². The third-order valence-corrected chi connectivity index (χ3v) is 4.24. The highest BCUT2D eigenvalue weighted by atomic mass is 32.2. The van der Waals surface area contributed by atoms with Gasteiger partial charge >= 0.3 is 12.2 Å². The number of likely N-dealkylation sites (tertiary alicyclic amines) is 1. The van der Waals surface area contributed by atoms with Crippen LogP contribution < -0.4 is 5.32 Å². The van der Waals surface area contributed by atoms with Gasteiger partial charge in [0.05, 0.1) is 18.8 Å². The summed E-state index contributed by atoms with van der Waals surface area (Å²) in [5.41, 5.74) is 0.808. The van der Waals surface area contributed by atoms with E-state index in [9.17, 15) is 18.0 Å². The average molecular weight is 372 g/mol. The predicted molar refractivity (Wildman–Crippen MR) is 87.5 cm³/mol. The standard InChI is InChI=1S/C15H20N2O7S/c1-25(21,22)24-13-9-17(15(19)20)8-7-12(13)16-14(18)23-10-11-5-3-2-4-6-11/h2-6,12-13H,7-10H2,1H3,(H,16,18)(H,19,20)/t12-,13-/m1/s1. The monoisotopic (exact) mass is 372 g/mol. The Bertz CT molecular complexity index is 708. The van der Waals surface area contributed by atoms with Crippen molar-refractivity contribution >= 4 is 22.3 Å². The van der Waals surface area contributed by atoms with Crippen LogP contribution in [0, 0.1) is 0 Å². The Labute approximate surface area is 145 Å². The molecule has 0 bridgehead atoms. The van der Waals surface area contributed by atoms with Crippen molar-refractivity contribution < 1.29 is 32.0 Å². The van der Waals surface area contributed by atoms with Crippen molar-refractivity contribution in [3.63, 3.8) is 0 Å². The smallest absolute Gasteiger partial charge is 0.407 e. The van der Waals surface area contributed by atoms with Crippen molar-refractivity contribution in [2.45, 2.75) is 25.2 Å². The van der Waals surface area contributed by atoms with Crippen LogP contribution in [0.2, 0.25) is 0 Å². The number of amides is 2. The van der Waals surface area contributed by atoms with E-state index in [0.717, 1.165) is 16.7 Å². The van der Waals surface area contributed by atoms with Gasteiger partial charge in [0.15, 0.2) is 0 Å². The summed E-state index contributed by atoms with van der Waals surface area (Å²) in [6.45, 7) is 0.0624. The van der Waals surface area contributed by atoms with Gasteiger partial charge in [0.2, 0.25) is 0 Å². The maximum atomic E-state index is 11.9. The van der Waals surface area contributed by atoms with Crippen LogP contribution in [0.4, 0.5) is 9.59 Å². The second-order valence-electron chi connectivity index (χ2n) is 5.67. The highest BCUT2D eigenvalue weighted by Crippen LogP contribution is 2.16. The summed E-state index contributed by atoms with van der Waals surface area (Å²) >= 11 is 0. The Morgan fingerprint density at radius 1 is 1.32 bits per heavy atom. The zero-order chi connectivity index (χ0) is 18.4. The van der Waals surface area contributed by atoms with E-state index in [1.807, 2.05) is 18.2 Å². The number of carbonyl (C=O) groups is 2. The van der Waals surface area contributed by atoms with E-state index in [1.165, 1.54) is 0 Å². The number of benzene rings is 1. The topological polar surface area (TPSA) is 122 Å². The summed E-state index contributed by atoms with van der Waals surface area (Å²) < 4.78 is 32.8. The number of rotatable bonds is 5. The van der Waals surface area contributed by atoms with Crippen molar-refractivity contribution in [2.24, 2.45) is 0 Å². The molecule has 0 aliphatic carbocycles. The van der Waals surface area contributed by atoms with Gasteiger partial charge in [-0.15, -0.1) is 0 Å². The van der Waals surface area contributed by atoms with Crippen molar-refractivity contribution in [3.05, 3.63) is 35.9 Å². The Balaban J connectivity index is 1.95. The molecule has 2 atom stereocenters. The molecule has 138 valence electrons. The first-order valence-electron chi connectivity index (χ1n) is 7.58. The molecule has 0 spiro atoms. The zero-order valence-corrected chi connectivity index (χ0v) is 14.4. The molecule has 1 heterocycles. The van der Waals surface area contributed by atoms with Gasteiger partial charge in [0.1, 0.15) is 12.7 Å². The lowest BCUT2D eigenvalue weighted by Crippen LogP contribution is -2.56. The van der Waals surface area contributed by atoms with Crippen LogP contribution in [-0.4, -0.2) is 62.1 Å². The van der Waals surface area contributed by atoms with Crippen LogP contribution in [0.15, 0.2) is 30.3 Å². The molecule has 1 aliphatic rings. The van der Waals surface area contributed by atoms with E-state index < -0.39 is 34.5 Å². The lowest BCUT2D eigenvalue weighted by Gasteiger charge is -2.36. The molecule has 1 aromatic rings. The summed E-state index contributed by atoms with van der Waals surface area (Å²) in [5.74, 6) is 0. The molecule has 2 N–H and O–H groups in total. The minimum absolute atomic E-state index is 0.0677. The molecule has 0 unspecified atom stereocenters. The minimum Gasteiger partial charge on any atom is -0.465 e. The molecule has 0 radical (unpaired) electrons. The van der Waals surface area contributed by atoms with Gasteiger partial charge in [-0.1, -0.05) is 30.3 Å². The fourth-order valence-electron chi connectivity index (χ4n) is 2.49. The molecule has 1 aliphatic heterocycles. The summed E-state index contributed by atoms with van der Waals surface area (Å²) in [6, 6.07) is 8.39. The fourth-order valence-corrected chi connectivity index (χ4v) is 3.14. The molecular weight excluding hydrogens is 352 g/mol. The Kier molecular flexibility index (Phi) is 6.21. The van der Waals surface area contributed by atoms with Crippen molar-refractivity contribution in [1.82, 2.24) is 10.2 Å². The third-order valence-electron chi connectivity index (χ3n) is 3.64. The molecule has 9 nitrogen and oxygen atoms in total. The number of nitrogens with one attached hydrogen (secondary N) is 1. The summed E-state index contributed by atoms with van der Waals surface area (Å²) in [7, 11) is -3.81. The molecular formula is C15H20N2O7S. The van der Waals surface area contributed by atoms with Crippen LogP contribution in [-0.2, 0) is 25.6 Å². The zero-order valence-electron chi connectivity index (χ0n) is 13.6. The molecule has 25 heavy (non-hydrogen) atoms. The van der Waals surface area contributed by atoms with Crippen LogP contribution in [0.3, 0.4) is 0 Å². The molecule has 0 aromatic heterocycles. The highest BCUT2D eigenvalue weighted by molar-refractivity contribution is 7.86. The molecule has 1 fully saturated rings. The summed E-state index contributed by atoms with van der Waals surface area (Å²) in [5, 5.41) is 11.6. The first-order valence-corrected chi connectivity index (χ1v) is 9.39. The number of carboxylic acid groups (broad SMARTS) is 1. The van der Waals surface area contributed by atoms with Gasteiger partial charge in [0.25, 0.3) is 10.1 Å². The SMILES string of the molecule is CS(=O)(=O)O[C@@H]1CN(C(=O)O)CC[C@H]1NC(=O)OCc1ccccc1. The van der Waals surface area contributed by atoms with Gasteiger partial charge in [-0.2, -0.15) is 8.42 Å². The lowest BCUT2D eigenvalue weighted by atomic mass is 10.0. The highest BCUT2D eigenvalue weighted by Gasteiger charge is 2.35. The number of hydrogen-bond acceptors (Lipinski definition) is 6. The van der Waals surface area contributed by atoms with Crippen LogP contribution in [0.1, 0.15) is 12.0 Å². The number of hydrogen-bond donors (Lipinski definition) is 2. The van der Waals surface area contributed by atoms with Crippen molar-refractivity contribution in [3.8, 4) is 0 Å². The molecule has 2 rings (SSSR count). The van der Waals surface area contributed by atoms with Crippen molar-refractivity contribution in [1.29, 1.82) is 0 Å². The Morgan fingerprint density at radius 2 is 2.00 bits per heavy atom. The molecule has 1 saturated heterocycles. The number of alkyl carbamates (subject to hydrolysis) is 1. The quantitative estimate of drug-likeness (QED) is 0.740.